The molecule has 24 heavy (non-hydrogen) atoms. The van der Waals surface area contributed by atoms with Gasteiger partial charge in [0.25, 0.3) is 0 Å². The standard InChI is InChI=1S/C20H25BO3/c1-14-7-9-15(10-8-14)16-11-12-17(18(13-16)22-6)21-23-19(2,3)20(4,5)24-21/h7-13H,1-6H3. The monoisotopic (exact) mass is 324 g/mol. The zero-order chi connectivity index (χ0) is 17.5. The van der Waals surface area contributed by atoms with Crippen molar-refractivity contribution in [3.63, 3.8) is 0 Å². The molecular weight excluding hydrogens is 299 g/mol. The van der Waals surface area contributed by atoms with Crippen LogP contribution < -0.4 is 10.2 Å². The van der Waals surface area contributed by atoms with Crippen LogP contribution in [-0.2, 0) is 9.31 Å². The summed E-state index contributed by atoms with van der Waals surface area (Å²) in [6.45, 7) is 10.3. The number of hydrogen-bond acceptors (Lipinski definition) is 3. The predicted octanol–water partition coefficient (Wildman–Crippen LogP) is 3.97. The van der Waals surface area contributed by atoms with E-state index in [1.807, 2.05) is 12.1 Å². The van der Waals surface area contributed by atoms with Crippen molar-refractivity contribution in [3.05, 3.63) is 48.0 Å². The summed E-state index contributed by atoms with van der Waals surface area (Å²) in [7, 11) is 1.26. The van der Waals surface area contributed by atoms with E-state index in [4.69, 9.17) is 14.0 Å². The van der Waals surface area contributed by atoms with Crippen molar-refractivity contribution < 1.29 is 14.0 Å². The molecule has 1 fully saturated rings. The topological polar surface area (TPSA) is 27.7 Å². The lowest BCUT2D eigenvalue weighted by molar-refractivity contribution is 0.00578. The lowest BCUT2D eigenvalue weighted by Gasteiger charge is -2.32. The van der Waals surface area contributed by atoms with Crippen LogP contribution in [0.4, 0.5) is 0 Å². The van der Waals surface area contributed by atoms with E-state index in [9.17, 15) is 0 Å². The van der Waals surface area contributed by atoms with E-state index in [0.29, 0.717) is 0 Å². The Balaban J connectivity index is 1.95. The highest BCUT2D eigenvalue weighted by atomic mass is 16.7. The summed E-state index contributed by atoms with van der Waals surface area (Å²) in [6, 6.07) is 14.7. The Labute approximate surface area is 145 Å². The Hall–Kier alpha value is -1.78. The number of aryl methyl sites for hydroxylation is 1. The Morgan fingerprint density at radius 3 is 1.92 bits per heavy atom. The average molecular weight is 324 g/mol. The average Bonchev–Trinajstić information content (AvgIpc) is 2.75. The second-order valence-electron chi connectivity index (χ2n) is 7.41. The van der Waals surface area contributed by atoms with Crippen LogP contribution in [0.1, 0.15) is 33.3 Å². The molecule has 4 heteroatoms. The van der Waals surface area contributed by atoms with Gasteiger partial charge in [-0.15, -0.1) is 0 Å². The van der Waals surface area contributed by atoms with Crippen LogP contribution in [0.5, 0.6) is 5.75 Å². The van der Waals surface area contributed by atoms with Gasteiger partial charge in [-0.2, -0.15) is 0 Å². The summed E-state index contributed by atoms with van der Waals surface area (Å²) in [6.07, 6.45) is 0. The van der Waals surface area contributed by atoms with Crippen molar-refractivity contribution in [1.82, 2.24) is 0 Å². The van der Waals surface area contributed by atoms with Gasteiger partial charge in [0.1, 0.15) is 5.75 Å². The second-order valence-corrected chi connectivity index (χ2v) is 7.41. The minimum atomic E-state index is -0.419. The number of hydrogen-bond donors (Lipinski definition) is 0. The van der Waals surface area contributed by atoms with Crippen LogP contribution in [0.2, 0.25) is 0 Å². The molecule has 3 nitrogen and oxygen atoms in total. The number of benzene rings is 2. The van der Waals surface area contributed by atoms with Crippen LogP contribution in [0.25, 0.3) is 11.1 Å². The maximum Gasteiger partial charge on any atom is 0.498 e. The third kappa shape index (κ3) is 2.96. The van der Waals surface area contributed by atoms with Crippen LogP contribution >= 0.6 is 0 Å². The number of ether oxygens (including phenoxy) is 1. The van der Waals surface area contributed by atoms with E-state index in [0.717, 1.165) is 16.8 Å². The summed E-state index contributed by atoms with van der Waals surface area (Å²) in [5, 5.41) is 0. The molecule has 2 aromatic carbocycles. The van der Waals surface area contributed by atoms with Gasteiger partial charge < -0.3 is 14.0 Å². The third-order valence-electron chi connectivity index (χ3n) is 5.13. The van der Waals surface area contributed by atoms with E-state index < -0.39 is 7.12 Å². The van der Waals surface area contributed by atoms with Gasteiger partial charge in [-0.25, -0.2) is 0 Å². The van der Waals surface area contributed by atoms with Crippen LogP contribution in [0.3, 0.4) is 0 Å². The molecule has 0 amide bonds. The molecule has 1 heterocycles. The zero-order valence-electron chi connectivity index (χ0n) is 15.3. The van der Waals surface area contributed by atoms with Crippen molar-refractivity contribution in [2.24, 2.45) is 0 Å². The predicted molar refractivity (Wildman–Crippen MR) is 98.9 cm³/mol. The van der Waals surface area contributed by atoms with Crippen molar-refractivity contribution in [2.45, 2.75) is 45.8 Å². The smallest absolute Gasteiger partial charge is 0.497 e. The van der Waals surface area contributed by atoms with E-state index in [1.54, 1.807) is 7.11 Å². The summed E-state index contributed by atoms with van der Waals surface area (Å²) in [5.74, 6) is 0.784. The van der Waals surface area contributed by atoms with Gasteiger partial charge in [-0.3, -0.25) is 0 Å². The van der Waals surface area contributed by atoms with Crippen LogP contribution in [0.15, 0.2) is 42.5 Å². The Morgan fingerprint density at radius 2 is 1.38 bits per heavy atom. The molecule has 0 radical (unpaired) electrons. The van der Waals surface area contributed by atoms with Crippen molar-refractivity contribution in [2.75, 3.05) is 7.11 Å². The minimum absolute atomic E-state index is 0.363. The van der Waals surface area contributed by atoms with Gasteiger partial charge in [0.2, 0.25) is 0 Å². The summed E-state index contributed by atoms with van der Waals surface area (Å²) >= 11 is 0. The lowest BCUT2D eigenvalue weighted by Crippen LogP contribution is -2.41. The first-order chi connectivity index (χ1) is 11.2. The fourth-order valence-electron chi connectivity index (χ4n) is 2.80. The molecule has 0 spiro atoms. The Kier molecular flexibility index (Phi) is 4.22. The molecule has 0 N–H and O–H groups in total. The molecule has 0 unspecified atom stereocenters. The molecule has 1 aliphatic heterocycles. The molecule has 1 saturated heterocycles. The van der Waals surface area contributed by atoms with Gasteiger partial charge in [0, 0.05) is 5.46 Å². The van der Waals surface area contributed by atoms with E-state index in [2.05, 4.69) is 65.0 Å². The fraction of sp³-hybridized carbons (Fsp3) is 0.400. The molecule has 0 bridgehead atoms. The molecule has 1 aliphatic rings. The molecule has 0 aliphatic carbocycles. The molecule has 0 saturated carbocycles. The Morgan fingerprint density at radius 1 is 0.833 bits per heavy atom. The molecular formula is C20H25BO3. The summed E-state index contributed by atoms with van der Waals surface area (Å²) < 4.78 is 17.9. The van der Waals surface area contributed by atoms with Gasteiger partial charge in [0.05, 0.1) is 18.3 Å². The first kappa shape index (κ1) is 17.1. The van der Waals surface area contributed by atoms with Gasteiger partial charge in [0.15, 0.2) is 0 Å². The van der Waals surface area contributed by atoms with Crippen LogP contribution in [0, 0.1) is 6.92 Å². The normalized spacial score (nSPS) is 18.7. The third-order valence-corrected chi connectivity index (χ3v) is 5.13. The van der Waals surface area contributed by atoms with Crippen molar-refractivity contribution in [3.8, 4) is 16.9 Å². The Bertz CT molecular complexity index is 719. The molecule has 3 rings (SSSR count). The van der Waals surface area contributed by atoms with Crippen LogP contribution in [-0.4, -0.2) is 25.4 Å². The van der Waals surface area contributed by atoms with E-state index in [-0.39, 0.29) is 11.2 Å². The highest BCUT2D eigenvalue weighted by molar-refractivity contribution is 6.63. The molecule has 2 aromatic rings. The minimum Gasteiger partial charge on any atom is -0.497 e. The van der Waals surface area contributed by atoms with Gasteiger partial charge >= 0.3 is 7.12 Å². The van der Waals surface area contributed by atoms with E-state index in [1.165, 1.54) is 11.1 Å². The number of rotatable bonds is 3. The summed E-state index contributed by atoms with van der Waals surface area (Å²) in [5.41, 5.74) is 3.73. The maximum absolute atomic E-state index is 6.15. The van der Waals surface area contributed by atoms with Gasteiger partial charge in [-0.05, 0) is 51.8 Å². The van der Waals surface area contributed by atoms with Crippen molar-refractivity contribution in [1.29, 1.82) is 0 Å². The first-order valence-electron chi connectivity index (χ1n) is 8.34. The first-order valence-corrected chi connectivity index (χ1v) is 8.34. The van der Waals surface area contributed by atoms with Gasteiger partial charge in [-0.1, -0.05) is 42.0 Å². The van der Waals surface area contributed by atoms with E-state index >= 15 is 0 Å². The highest BCUT2D eigenvalue weighted by Crippen LogP contribution is 2.37. The SMILES string of the molecule is COc1cc(-c2ccc(C)cc2)ccc1B1OC(C)(C)C(C)(C)O1. The van der Waals surface area contributed by atoms with Crippen molar-refractivity contribution >= 4 is 12.6 Å². The zero-order valence-corrected chi connectivity index (χ0v) is 15.3. The largest absolute Gasteiger partial charge is 0.498 e. The highest BCUT2D eigenvalue weighted by Gasteiger charge is 2.52. The second kappa shape index (κ2) is 5.94. The molecule has 0 aromatic heterocycles. The lowest BCUT2D eigenvalue weighted by atomic mass is 9.77. The molecule has 0 atom stereocenters. The molecule has 126 valence electrons. The maximum atomic E-state index is 6.15. The number of methoxy groups -OCH3 is 1. The summed E-state index contributed by atoms with van der Waals surface area (Å²) in [4.78, 5) is 0. The fourth-order valence-corrected chi connectivity index (χ4v) is 2.80. The quantitative estimate of drug-likeness (QED) is 0.800.